The molecule has 2 aromatic carbocycles. The Morgan fingerprint density at radius 1 is 1.08 bits per heavy atom. The molecular weight excluding hydrogens is 474 g/mol. The van der Waals surface area contributed by atoms with Crippen molar-refractivity contribution in [3.05, 3.63) is 53.6 Å². The second-order valence-corrected chi connectivity index (χ2v) is 10.4. The second-order valence-electron chi connectivity index (χ2n) is 10.4. The van der Waals surface area contributed by atoms with Crippen LogP contribution in [0.1, 0.15) is 50.8 Å². The number of ether oxygens (including phenoxy) is 4. The number of rotatable bonds is 9. The third kappa shape index (κ3) is 6.40. The molecule has 0 saturated carbocycles. The van der Waals surface area contributed by atoms with Gasteiger partial charge in [-0.3, -0.25) is 9.59 Å². The minimum atomic E-state index is -0.346. The number of carbonyl (C=O) groups excluding carboxylic acids is 2. The fourth-order valence-corrected chi connectivity index (χ4v) is 4.37. The van der Waals surface area contributed by atoms with Crippen LogP contribution in [0.15, 0.2) is 47.6 Å². The van der Waals surface area contributed by atoms with Crippen molar-refractivity contribution in [1.82, 2.24) is 9.91 Å². The van der Waals surface area contributed by atoms with Gasteiger partial charge in [-0.25, -0.2) is 5.01 Å². The van der Waals surface area contributed by atoms with Crippen LogP contribution in [0.5, 0.6) is 17.2 Å². The van der Waals surface area contributed by atoms with Gasteiger partial charge >= 0.3 is 0 Å². The Balaban J connectivity index is 1.62. The Morgan fingerprint density at radius 2 is 1.81 bits per heavy atom. The lowest BCUT2D eigenvalue weighted by Crippen LogP contribution is -2.43. The van der Waals surface area contributed by atoms with E-state index in [0.29, 0.717) is 37.5 Å². The Hall–Kier alpha value is -3.59. The van der Waals surface area contributed by atoms with Crippen LogP contribution < -0.4 is 14.2 Å². The van der Waals surface area contributed by atoms with Crippen molar-refractivity contribution in [3.63, 3.8) is 0 Å². The van der Waals surface area contributed by atoms with E-state index in [0.717, 1.165) is 22.6 Å². The SMILES string of the molecule is COCCN(CC(=O)N1N=C(c2ccc(OC)cc2)C[C@H]1c1ccc2c(c1)OCO2)C(=O)CC(C)(C)C. The summed E-state index contributed by atoms with van der Waals surface area (Å²) in [5.74, 6) is 1.72. The van der Waals surface area contributed by atoms with Crippen LogP contribution in [0.25, 0.3) is 0 Å². The molecular formula is C28H35N3O6. The molecule has 198 valence electrons. The third-order valence-electron chi connectivity index (χ3n) is 6.30. The first-order valence-electron chi connectivity index (χ1n) is 12.4. The van der Waals surface area contributed by atoms with Crippen LogP contribution in [-0.4, -0.2) is 68.1 Å². The molecule has 2 amide bonds. The van der Waals surface area contributed by atoms with Crippen LogP contribution in [0.2, 0.25) is 0 Å². The van der Waals surface area contributed by atoms with Gasteiger partial charge in [-0.15, -0.1) is 0 Å². The number of amides is 2. The van der Waals surface area contributed by atoms with Gasteiger partial charge in [0.1, 0.15) is 12.3 Å². The summed E-state index contributed by atoms with van der Waals surface area (Å²) in [6.07, 6.45) is 0.849. The quantitative estimate of drug-likeness (QED) is 0.507. The molecule has 0 N–H and O–H groups in total. The highest BCUT2D eigenvalue weighted by Gasteiger charge is 2.35. The van der Waals surface area contributed by atoms with Crippen molar-refractivity contribution >= 4 is 17.5 Å². The van der Waals surface area contributed by atoms with E-state index in [1.807, 2.05) is 63.2 Å². The Kier molecular flexibility index (Phi) is 8.02. The standard InChI is InChI=1S/C28H35N3O6/c1-28(2,3)16-26(32)30(12-13-34-4)17-27(33)31-23(20-8-11-24-25(14-20)37-18-36-24)15-22(29-31)19-6-9-21(35-5)10-7-19/h6-11,14,23H,12-13,15-18H2,1-5H3/t23-/m0/s1. The molecule has 0 aliphatic carbocycles. The maximum atomic E-state index is 13.7. The van der Waals surface area contributed by atoms with Gasteiger partial charge in [-0.05, 0) is 52.9 Å². The average molecular weight is 510 g/mol. The lowest BCUT2D eigenvalue weighted by molar-refractivity contribution is -0.143. The van der Waals surface area contributed by atoms with Crippen molar-refractivity contribution in [2.24, 2.45) is 10.5 Å². The van der Waals surface area contributed by atoms with Crippen molar-refractivity contribution in [1.29, 1.82) is 0 Å². The predicted octanol–water partition coefficient (Wildman–Crippen LogP) is 4.01. The summed E-state index contributed by atoms with van der Waals surface area (Å²) in [6, 6.07) is 12.9. The van der Waals surface area contributed by atoms with Crippen LogP contribution in [-0.2, 0) is 14.3 Å². The van der Waals surface area contributed by atoms with Crippen molar-refractivity contribution in [3.8, 4) is 17.2 Å². The minimum Gasteiger partial charge on any atom is -0.497 e. The van der Waals surface area contributed by atoms with Crippen molar-refractivity contribution in [2.75, 3.05) is 40.7 Å². The molecule has 9 heteroatoms. The number of methoxy groups -OCH3 is 2. The summed E-state index contributed by atoms with van der Waals surface area (Å²) >= 11 is 0. The molecule has 4 rings (SSSR count). The molecule has 0 aromatic heterocycles. The molecule has 0 saturated heterocycles. The molecule has 0 radical (unpaired) electrons. The Labute approximate surface area is 217 Å². The zero-order valence-electron chi connectivity index (χ0n) is 22.2. The first-order valence-corrected chi connectivity index (χ1v) is 12.4. The van der Waals surface area contributed by atoms with Gasteiger partial charge in [-0.2, -0.15) is 5.10 Å². The summed E-state index contributed by atoms with van der Waals surface area (Å²) in [6.45, 7) is 6.76. The van der Waals surface area contributed by atoms with Gasteiger partial charge < -0.3 is 23.8 Å². The van der Waals surface area contributed by atoms with Gasteiger partial charge in [0.15, 0.2) is 11.5 Å². The number of nitrogens with zero attached hydrogens (tertiary/aromatic N) is 3. The van der Waals surface area contributed by atoms with Gasteiger partial charge in [0.2, 0.25) is 12.7 Å². The van der Waals surface area contributed by atoms with Crippen LogP contribution in [0, 0.1) is 5.41 Å². The van der Waals surface area contributed by atoms with Crippen molar-refractivity contribution in [2.45, 2.75) is 39.7 Å². The third-order valence-corrected chi connectivity index (χ3v) is 6.30. The lowest BCUT2D eigenvalue weighted by atomic mass is 9.91. The largest absolute Gasteiger partial charge is 0.497 e. The van der Waals surface area contributed by atoms with E-state index in [4.69, 9.17) is 24.0 Å². The molecule has 1 atom stereocenters. The van der Waals surface area contributed by atoms with E-state index < -0.39 is 0 Å². The highest BCUT2D eigenvalue weighted by Crippen LogP contribution is 2.39. The maximum absolute atomic E-state index is 13.7. The first-order chi connectivity index (χ1) is 17.7. The highest BCUT2D eigenvalue weighted by atomic mass is 16.7. The molecule has 2 heterocycles. The molecule has 2 aliphatic heterocycles. The van der Waals surface area contributed by atoms with Crippen LogP contribution >= 0.6 is 0 Å². The summed E-state index contributed by atoms with van der Waals surface area (Å²) < 4.78 is 21.5. The van der Waals surface area contributed by atoms with Gasteiger partial charge in [-0.1, -0.05) is 26.8 Å². The lowest BCUT2D eigenvalue weighted by Gasteiger charge is -2.29. The molecule has 0 spiro atoms. The summed E-state index contributed by atoms with van der Waals surface area (Å²) in [7, 11) is 3.20. The van der Waals surface area contributed by atoms with E-state index in [9.17, 15) is 9.59 Å². The molecule has 0 fully saturated rings. The zero-order chi connectivity index (χ0) is 26.6. The molecule has 9 nitrogen and oxygen atoms in total. The van der Waals surface area contributed by atoms with Crippen LogP contribution in [0.4, 0.5) is 0 Å². The van der Waals surface area contributed by atoms with Gasteiger partial charge in [0, 0.05) is 26.5 Å². The second kappa shape index (κ2) is 11.2. The van der Waals surface area contributed by atoms with E-state index in [1.165, 1.54) is 5.01 Å². The average Bonchev–Trinajstić information content (AvgIpc) is 3.52. The van der Waals surface area contributed by atoms with Gasteiger partial charge in [0.25, 0.3) is 5.91 Å². The first kappa shape index (κ1) is 26.5. The molecule has 0 unspecified atom stereocenters. The zero-order valence-corrected chi connectivity index (χ0v) is 22.2. The van der Waals surface area contributed by atoms with E-state index in [2.05, 4.69) is 0 Å². The van der Waals surface area contributed by atoms with Crippen LogP contribution in [0.3, 0.4) is 0 Å². The number of hydrogen-bond acceptors (Lipinski definition) is 7. The topological polar surface area (TPSA) is 89.9 Å². The number of carbonyl (C=O) groups is 2. The van der Waals surface area contributed by atoms with Gasteiger partial charge in [0.05, 0.1) is 25.5 Å². The number of benzene rings is 2. The normalized spacial score (nSPS) is 16.5. The molecule has 37 heavy (non-hydrogen) atoms. The molecule has 2 aromatic rings. The number of fused-ring (bicyclic) bond motifs is 1. The fraction of sp³-hybridized carbons (Fsp3) is 0.464. The highest BCUT2D eigenvalue weighted by molar-refractivity contribution is 6.03. The summed E-state index contributed by atoms with van der Waals surface area (Å²) in [4.78, 5) is 28.3. The van der Waals surface area contributed by atoms with E-state index in [1.54, 1.807) is 19.1 Å². The van der Waals surface area contributed by atoms with Crippen molar-refractivity contribution < 1.29 is 28.5 Å². The number of hydrogen-bond donors (Lipinski definition) is 0. The smallest absolute Gasteiger partial charge is 0.262 e. The predicted molar refractivity (Wildman–Crippen MR) is 139 cm³/mol. The maximum Gasteiger partial charge on any atom is 0.262 e. The van der Waals surface area contributed by atoms with E-state index in [-0.39, 0.29) is 36.6 Å². The molecule has 2 aliphatic rings. The minimum absolute atomic E-state index is 0.0846. The Bertz CT molecular complexity index is 1160. The molecule has 0 bridgehead atoms. The summed E-state index contributed by atoms with van der Waals surface area (Å²) in [5.41, 5.74) is 2.37. The summed E-state index contributed by atoms with van der Waals surface area (Å²) in [5, 5.41) is 6.25. The Morgan fingerprint density at radius 3 is 2.49 bits per heavy atom. The number of hydrazone groups is 1. The van der Waals surface area contributed by atoms with E-state index >= 15 is 0 Å². The monoisotopic (exact) mass is 509 g/mol. The fourth-order valence-electron chi connectivity index (χ4n) is 4.37.